The van der Waals surface area contributed by atoms with Crippen LogP contribution in [-0.4, -0.2) is 22.8 Å². The zero-order chi connectivity index (χ0) is 15.9. The lowest BCUT2D eigenvalue weighted by atomic mass is 9.81. The van der Waals surface area contributed by atoms with E-state index in [0.29, 0.717) is 6.42 Å². The van der Waals surface area contributed by atoms with Gasteiger partial charge in [-0.2, -0.15) is 0 Å². The second-order valence-electron chi connectivity index (χ2n) is 6.81. The minimum Gasteiger partial charge on any atom is -0.365 e. The van der Waals surface area contributed by atoms with Gasteiger partial charge >= 0.3 is 0 Å². The maximum Gasteiger partial charge on any atom is 0.167 e. The van der Waals surface area contributed by atoms with E-state index in [9.17, 15) is 4.79 Å². The maximum absolute atomic E-state index is 13.0. The molecule has 23 heavy (non-hydrogen) atoms. The van der Waals surface area contributed by atoms with Gasteiger partial charge in [0.1, 0.15) is 0 Å². The van der Waals surface area contributed by atoms with Crippen LogP contribution in [0.5, 0.6) is 0 Å². The Morgan fingerprint density at radius 1 is 0.913 bits per heavy atom. The molecule has 2 aromatic rings. The number of hydrogen-bond acceptors (Lipinski definition) is 2. The summed E-state index contributed by atoms with van der Waals surface area (Å²) in [6.07, 6.45) is 2.87. The van der Waals surface area contributed by atoms with E-state index in [2.05, 4.69) is 48.2 Å². The number of allylic oxidation sites excluding steroid dienone is 1. The number of carbonyl (C=O) groups is 1. The fourth-order valence-corrected chi connectivity index (χ4v) is 4.09. The molecular formula is C21H21NO. The number of fused-ring (bicyclic) bond motifs is 1. The molecule has 0 bridgehead atoms. The third kappa shape index (κ3) is 2.29. The summed E-state index contributed by atoms with van der Waals surface area (Å²) in [7, 11) is 0. The minimum atomic E-state index is -0.0272. The predicted molar refractivity (Wildman–Crippen MR) is 93.7 cm³/mol. The molecule has 2 nitrogen and oxygen atoms in total. The average molecular weight is 303 g/mol. The van der Waals surface area contributed by atoms with Crippen LogP contribution in [0, 0.1) is 0 Å². The van der Waals surface area contributed by atoms with E-state index in [0.717, 1.165) is 41.8 Å². The molecule has 0 amide bonds. The Labute approximate surface area is 137 Å². The van der Waals surface area contributed by atoms with Gasteiger partial charge in [0.05, 0.1) is 5.70 Å². The van der Waals surface area contributed by atoms with Crippen molar-refractivity contribution in [3.8, 4) is 0 Å². The minimum absolute atomic E-state index is 0.0272. The largest absolute Gasteiger partial charge is 0.365 e. The first kappa shape index (κ1) is 14.3. The molecule has 2 aliphatic rings. The average Bonchev–Trinajstić information content (AvgIpc) is 2.96. The normalized spacial score (nSPS) is 24.0. The van der Waals surface area contributed by atoms with Gasteiger partial charge < -0.3 is 4.90 Å². The van der Waals surface area contributed by atoms with E-state index in [1.807, 2.05) is 24.3 Å². The van der Waals surface area contributed by atoms with Crippen molar-refractivity contribution in [2.45, 2.75) is 31.7 Å². The number of nitrogens with zero attached hydrogens (tertiary/aromatic N) is 1. The molecule has 4 rings (SSSR count). The van der Waals surface area contributed by atoms with Crippen LogP contribution in [-0.2, 0) is 4.79 Å². The van der Waals surface area contributed by atoms with Crippen LogP contribution in [0.2, 0.25) is 0 Å². The predicted octanol–water partition coefficient (Wildman–Crippen LogP) is 4.38. The number of hydrogen-bond donors (Lipinski definition) is 0. The molecule has 116 valence electrons. The molecule has 2 aliphatic heterocycles. The SMILES string of the molecule is C[C@]12CCCN1C(c1ccccc1)=C(c1ccccc1)C(=O)C2. The molecule has 0 spiro atoms. The molecule has 0 N–H and O–H groups in total. The van der Waals surface area contributed by atoms with Crippen LogP contribution in [0.25, 0.3) is 11.3 Å². The first-order valence-corrected chi connectivity index (χ1v) is 8.35. The van der Waals surface area contributed by atoms with Gasteiger partial charge in [0.25, 0.3) is 0 Å². The fourth-order valence-electron chi connectivity index (χ4n) is 4.09. The highest BCUT2D eigenvalue weighted by Gasteiger charge is 2.45. The summed E-state index contributed by atoms with van der Waals surface area (Å²) >= 11 is 0. The Morgan fingerprint density at radius 3 is 2.17 bits per heavy atom. The molecule has 2 heteroatoms. The lowest BCUT2D eigenvalue weighted by Crippen LogP contribution is -2.45. The zero-order valence-electron chi connectivity index (χ0n) is 13.5. The molecule has 0 saturated carbocycles. The highest BCUT2D eigenvalue weighted by Crippen LogP contribution is 2.46. The van der Waals surface area contributed by atoms with Gasteiger partial charge in [-0.05, 0) is 30.9 Å². The Bertz CT molecular complexity index is 763. The standard InChI is InChI=1S/C21H21NO/c1-21-13-8-14-22(21)20(17-11-6-3-7-12-17)19(18(23)15-21)16-9-4-2-5-10-16/h2-7,9-12H,8,13-15H2,1H3/t21-/m1/s1. The third-order valence-electron chi connectivity index (χ3n) is 5.19. The maximum atomic E-state index is 13.0. The van der Waals surface area contributed by atoms with E-state index in [4.69, 9.17) is 0 Å². The van der Waals surface area contributed by atoms with Crippen molar-refractivity contribution in [3.63, 3.8) is 0 Å². The van der Waals surface area contributed by atoms with Gasteiger partial charge in [0.2, 0.25) is 0 Å². The molecule has 0 unspecified atom stereocenters. The van der Waals surface area contributed by atoms with Crippen LogP contribution in [0.1, 0.15) is 37.3 Å². The van der Waals surface area contributed by atoms with Crippen molar-refractivity contribution in [2.24, 2.45) is 0 Å². The van der Waals surface area contributed by atoms with Crippen LogP contribution < -0.4 is 0 Å². The zero-order valence-corrected chi connectivity index (χ0v) is 13.5. The van der Waals surface area contributed by atoms with Crippen LogP contribution in [0.3, 0.4) is 0 Å². The quantitative estimate of drug-likeness (QED) is 0.820. The molecule has 0 aliphatic carbocycles. The smallest absolute Gasteiger partial charge is 0.167 e. The van der Waals surface area contributed by atoms with Gasteiger partial charge in [0.15, 0.2) is 5.78 Å². The molecule has 1 fully saturated rings. The highest BCUT2D eigenvalue weighted by atomic mass is 16.1. The molecule has 2 aromatic carbocycles. The lowest BCUT2D eigenvalue weighted by Gasteiger charge is -2.43. The molecular weight excluding hydrogens is 282 g/mol. The monoisotopic (exact) mass is 303 g/mol. The first-order chi connectivity index (χ1) is 11.2. The van der Waals surface area contributed by atoms with Crippen molar-refractivity contribution >= 4 is 17.1 Å². The van der Waals surface area contributed by atoms with E-state index in [-0.39, 0.29) is 11.3 Å². The lowest BCUT2D eigenvalue weighted by molar-refractivity contribution is -0.116. The number of rotatable bonds is 2. The van der Waals surface area contributed by atoms with E-state index < -0.39 is 0 Å². The van der Waals surface area contributed by atoms with Crippen molar-refractivity contribution in [2.75, 3.05) is 6.54 Å². The van der Waals surface area contributed by atoms with E-state index >= 15 is 0 Å². The van der Waals surface area contributed by atoms with Crippen molar-refractivity contribution in [3.05, 3.63) is 71.8 Å². The fraction of sp³-hybridized carbons (Fsp3) is 0.286. The number of benzene rings is 2. The van der Waals surface area contributed by atoms with Gasteiger partial charge in [0, 0.05) is 24.1 Å². The Hall–Kier alpha value is -2.35. The Morgan fingerprint density at radius 2 is 1.52 bits per heavy atom. The molecule has 2 heterocycles. The van der Waals surface area contributed by atoms with Crippen molar-refractivity contribution in [1.82, 2.24) is 4.90 Å². The second-order valence-corrected chi connectivity index (χ2v) is 6.81. The van der Waals surface area contributed by atoms with Gasteiger partial charge in [-0.1, -0.05) is 60.7 Å². The Kier molecular flexibility index (Phi) is 3.33. The summed E-state index contributed by atoms with van der Waals surface area (Å²) in [6.45, 7) is 3.27. The molecule has 1 saturated heterocycles. The van der Waals surface area contributed by atoms with Crippen LogP contribution in [0.15, 0.2) is 60.7 Å². The van der Waals surface area contributed by atoms with Crippen molar-refractivity contribution < 1.29 is 4.79 Å². The molecule has 0 aromatic heterocycles. The summed E-state index contributed by atoms with van der Waals surface area (Å²) < 4.78 is 0. The highest BCUT2D eigenvalue weighted by molar-refractivity contribution is 6.29. The van der Waals surface area contributed by atoms with Crippen molar-refractivity contribution in [1.29, 1.82) is 0 Å². The Balaban J connectivity index is 1.98. The number of Topliss-reactive ketones (excluding diaryl/α,β-unsaturated/α-hetero) is 1. The first-order valence-electron chi connectivity index (χ1n) is 8.35. The second kappa shape index (κ2) is 5.38. The van der Waals surface area contributed by atoms with Gasteiger partial charge in [-0.3, -0.25) is 4.79 Å². The van der Waals surface area contributed by atoms with Crippen LogP contribution >= 0.6 is 0 Å². The van der Waals surface area contributed by atoms with Gasteiger partial charge in [-0.15, -0.1) is 0 Å². The van der Waals surface area contributed by atoms with Gasteiger partial charge in [-0.25, -0.2) is 0 Å². The molecule has 0 radical (unpaired) electrons. The van der Waals surface area contributed by atoms with Crippen LogP contribution in [0.4, 0.5) is 0 Å². The summed E-state index contributed by atoms with van der Waals surface area (Å²) in [4.78, 5) is 15.5. The number of carbonyl (C=O) groups excluding carboxylic acids is 1. The third-order valence-corrected chi connectivity index (χ3v) is 5.19. The number of ketones is 1. The topological polar surface area (TPSA) is 20.3 Å². The summed E-state index contributed by atoms with van der Waals surface area (Å²) in [5.74, 6) is 0.274. The summed E-state index contributed by atoms with van der Waals surface area (Å²) in [6, 6.07) is 20.5. The van der Waals surface area contributed by atoms with E-state index in [1.54, 1.807) is 0 Å². The summed E-state index contributed by atoms with van der Waals surface area (Å²) in [5, 5.41) is 0. The molecule has 1 atom stereocenters. The van der Waals surface area contributed by atoms with E-state index in [1.165, 1.54) is 0 Å². The summed E-state index contributed by atoms with van der Waals surface area (Å²) in [5.41, 5.74) is 4.16.